The number of halogens is 2. The van der Waals surface area contributed by atoms with Crippen LogP contribution in [0, 0.1) is 10.5 Å². The van der Waals surface area contributed by atoms with Crippen LogP contribution in [0.15, 0.2) is 65.6 Å². The molecule has 35 heavy (non-hydrogen) atoms. The van der Waals surface area contributed by atoms with Crippen molar-refractivity contribution in [1.82, 2.24) is 4.90 Å². The lowest BCUT2D eigenvalue weighted by atomic mass is 10.1. The average molecular weight is 620 g/mol. The van der Waals surface area contributed by atoms with Gasteiger partial charge in [0.1, 0.15) is 0 Å². The smallest absolute Gasteiger partial charge is 0.345 e. The lowest BCUT2D eigenvalue weighted by Crippen LogP contribution is -2.27. The molecule has 0 spiro atoms. The molecule has 0 unspecified atom stereocenters. The van der Waals surface area contributed by atoms with E-state index in [-0.39, 0.29) is 34.0 Å². The zero-order chi connectivity index (χ0) is 25.1. The van der Waals surface area contributed by atoms with Gasteiger partial charge in [-0.2, -0.15) is 0 Å². The number of thioether (sulfide) groups is 1. The number of ether oxygens (including phenoxy) is 2. The van der Waals surface area contributed by atoms with E-state index in [1.807, 2.05) is 53.8 Å². The van der Waals surface area contributed by atoms with Crippen LogP contribution in [-0.4, -0.2) is 29.1 Å². The Morgan fingerprint density at radius 3 is 2.60 bits per heavy atom. The fourth-order valence-corrected chi connectivity index (χ4v) is 5.26. The van der Waals surface area contributed by atoms with E-state index in [9.17, 15) is 14.4 Å². The van der Waals surface area contributed by atoms with Gasteiger partial charge in [-0.05, 0) is 82.7 Å². The molecule has 1 aliphatic rings. The van der Waals surface area contributed by atoms with Crippen molar-refractivity contribution >= 4 is 69.1 Å². The number of hydrogen-bond donors (Lipinski definition) is 0. The lowest BCUT2D eigenvalue weighted by molar-refractivity contribution is -0.123. The highest BCUT2D eigenvalue weighted by Gasteiger charge is 2.35. The second kappa shape index (κ2) is 10.8. The number of carbonyl (C=O) groups excluding carboxylic acids is 3. The lowest BCUT2D eigenvalue weighted by Gasteiger charge is -2.13. The van der Waals surface area contributed by atoms with Gasteiger partial charge in [0.05, 0.1) is 32.7 Å². The predicted octanol–water partition coefficient (Wildman–Crippen LogP) is 6.72. The maximum absolute atomic E-state index is 13.0. The normalized spacial score (nSPS) is 14.5. The molecule has 178 valence electrons. The molecular weight excluding hydrogens is 601 g/mol. The Hall–Kier alpha value is -2.82. The maximum atomic E-state index is 13.0. The summed E-state index contributed by atoms with van der Waals surface area (Å²) >= 11 is 9.02. The van der Waals surface area contributed by atoms with Crippen LogP contribution in [0.5, 0.6) is 11.5 Å². The third-order valence-electron chi connectivity index (χ3n) is 5.13. The number of carbonyl (C=O) groups is 3. The molecule has 0 bridgehead atoms. The topological polar surface area (TPSA) is 72.9 Å². The predicted molar refractivity (Wildman–Crippen MR) is 145 cm³/mol. The van der Waals surface area contributed by atoms with Gasteiger partial charge in [0.15, 0.2) is 11.5 Å². The van der Waals surface area contributed by atoms with E-state index in [0.717, 1.165) is 22.9 Å². The SMILES string of the molecule is COc1cc(/C=C2\SC(=O)N(Cc3cccc(C)c3)C2=O)cc(I)c1OC(=O)c1ccccc1Cl. The molecule has 1 aliphatic heterocycles. The first-order valence-corrected chi connectivity index (χ1v) is 12.7. The summed E-state index contributed by atoms with van der Waals surface area (Å²) in [5.74, 6) is -0.424. The van der Waals surface area contributed by atoms with Crippen LogP contribution in [0.25, 0.3) is 6.08 Å². The van der Waals surface area contributed by atoms with Gasteiger partial charge in [-0.25, -0.2) is 4.79 Å². The maximum Gasteiger partial charge on any atom is 0.345 e. The standard InChI is InChI=1S/C26H19ClINO5S/c1-15-6-5-7-16(10-15)14-29-24(30)22(35-26(29)32)13-17-11-20(28)23(21(12-17)33-2)34-25(31)18-8-3-4-9-19(18)27/h3-13H,14H2,1-2H3/b22-13-. The van der Waals surface area contributed by atoms with Crippen LogP contribution < -0.4 is 9.47 Å². The summed E-state index contributed by atoms with van der Waals surface area (Å²) in [6.07, 6.45) is 1.63. The van der Waals surface area contributed by atoms with Crippen molar-refractivity contribution in [1.29, 1.82) is 0 Å². The summed E-state index contributed by atoms with van der Waals surface area (Å²) in [6, 6.07) is 17.7. The monoisotopic (exact) mass is 619 g/mol. The van der Waals surface area contributed by atoms with Crippen molar-refractivity contribution < 1.29 is 23.9 Å². The minimum absolute atomic E-state index is 0.210. The first-order chi connectivity index (χ1) is 16.8. The fraction of sp³-hybridized carbons (Fsp3) is 0.115. The molecule has 6 nitrogen and oxygen atoms in total. The summed E-state index contributed by atoms with van der Waals surface area (Å²) in [7, 11) is 1.46. The van der Waals surface area contributed by atoms with Crippen molar-refractivity contribution in [2.45, 2.75) is 13.5 Å². The molecule has 0 radical (unpaired) electrons. The fourth-order valence-electron chi connectivity index (χ4n) is 3.48. The molecule has 3 aromatic rings. The number of hydrogen-bond acceptors (Lipinski definition) is 6. The van der Waals surface area contributed by atoms with Crippen LogP contribution in [0.1, 0.15) is 27.0 Å². The molecule has 0 atom stereocenters. The van der Waals surface area contributed by atoms with Gasteiger partial charge >= 0.3 is 5.97 Å². The van der Waals surface area contributed by atoms with Gasteiger partial charge in [-0.1, -0.05) is 53.6 Å². The molecule has 0 saturated carbocycles. The number of rotatable bonds is 6. The van der Waals surface area contributed by atoms with Crippen molar-refractivity contribution in [2.75, 3.05) is 7.11 Å². The number of methoxy groups -OCH3 is 1. The molecule has 0 aliphatic carbocycles. The van der Waals surface area contributed by atoms with E-state index in [4.69, 9.17) is 21.1 Å². The molecular formula is C26H19ClINO5S. The number of amides is 2. The zero-order valence-corrected chi connectivity index (χ0v) is 22.4. The molecule has 4 rings (SSSR count). The Morgan fingerprint density at radius 1 is 1.11 bits per heavy atom. The number of imide groups is 1. The largest absolute Gasteiger partial charge is 0.493 e. The summed E-state index contributed by atoms with van der Waals surface area (Å²) in [5.41, 5.74) is 2.81. The minimum Gasteiger partial charge on any atom is -0.493 e. The Labute approximate surface area is 225 Å². The highest BCUT2D eigenvalue weighted by atomic mass is 127. The van der Waals surface area contributed by atoms with Crippen LogP contribution in [0.4, 0.5) is 4.79 Å². The second-order valence-corrected chi connectivity index (χ2v) is 10.2. The summed E-state index contributed by atoms with van der Waals surface area (Å²) < 4.78 is 11.6. The molecule has 9 heteroatoms. The van der Waals surface area contributed by atoms with E-state index in [1.54, 1.807) is 42.5 Å². The molecule has 2 amide bonds. The molecule has 0 aromatic heterocycles. The number of benzene rings is 3. The third-order valence-corrected chi connectivity index (χ3v) is 7.17. The van der Waals surface area contributed by atoms with Gasteiger partial charge < -0.3 is 9.47 Å². The third kappa shape index (κ3) is 5.71. The average Bonchev–Trinajstić information content (AvgIpc) is 3.08. The number of esters is 1. The summed E-state index contributed by atoms with van der Waals surface area (Å²) in [4.78, 5) is 39.7. The van der Waals surface area contributed by atoms with Crippen LogP contribution in [0.2, 0.25) is 5.02 Å². The highest BCUT2D eigenvalue weighted by Crippen LogP contribution is 2.38. The minimum atomic E-state index is -0.614. The van der Waals surface area contributed by atoms with Gasteiger partial charge in [-0.15, -0.1) is 0 Å². The first-order valence-electron chi connectivity index (χ1n) is 10.4. The highest BCUT2D eigenvalue weighted by molar-refractivity contribution is 14.1. The van der Waals surface area contributed by atoms with Crippen molar-refractivity contribution in [3.05, 3.63) is 96.4 Å². The molecule has 1 fully saturated rings. The van der Waals surface area contributed by atoms with E-state index in [2.05, 4.69) is 0 Å². The van der Waals surface area contributed by atoms with Gasteiger partial charge in [0.25, 0.3) is 11.1 Å². The molecule has 3 aromatic carbocycles. The van der Waals surface area contributed by atoms with Crippen LogP contribution in [0.3, 0.4) is 0 Å². The molecule has 0 N–H and O–H groups in total. The van der Waals surface area contributed by atoms with Crippen molar-refractivity contribution in [3.63, 3.8) is 0 Å². The zero-order valence-electron chi connectivity index (χ0n) is 18.7. The van der Waals surface area contributed by atoms with Crippen LogP contribution >= 0.6 is 46.0 Å². The van der Waals surface area contributed by atoms with E-state index < -0.39 is 5.97 Å². The molecule has 1 heterocycles. The van der Waals surface area contributed by atoms with E-state index in [0.29, 0.717) is 19.8 Å². The summed E-state index contributed by atoms with van der Waals surface area (Å²) in [5, 5.41) is -0.0424. The Balaban J connectivity index is 1.57. The Morgan fingerprint density at radius 2 is 1.89 bits per heavy atom. The van der Waals surface area contributed by atoms with Gasteiger partial charge in [0, 0.05) is 0 Å². The van der Waals surface area contributed by atoms with Crippen LogP contribution in [-0.2, 0) is 11.3 Å². The molecule has 1 saturated heterocycles. The first kappa shape index (κ1) is 25.3. The van der Waals surface area contributed by atoms with Crippen molar-refractivity contribution in [3.8, 4) is 11.5 Å². The van der Waals surface area contributed by atoms with Crippen molar-refractivity contribution in [2.24, 2.45) is 0 Å². The number of nitrogens with zero attached hydrogens (tertiary/aromatic N) is 1. The van der Waals surface area contributed by atoms with Gasteiger partial charge in [0.2, 0.25) is 0 Å². The quantitative estimate of drug-likeness (QED) is 0.132. The Kier molecular flexibility index (Phi) is 7.83. The Bertz CT molecular complexity index is 1370. The number of aryl methyl sites for hydroxylation is 1. The summed E-state index contributed by atoms with van der Waals surface area (Å²) in [6.45, 7) is 2.17. The second-order valence-electron chi connectivity index (χ2n) is 7.66. The van der Waals surface area contributed by atoms with E-state index >= 15 is 0 Å². The van der Waals surface area contributed by atoms with E-state index in [1.165, 1.54) is 12.0 Å². The van der Waals surface area contributed by atoms with Gasteiger partial charge in [-0.3, -0.25) is 14.5 Å².